The quantitative estimate of drug-likeness (QED) is 0.730. The lowest BCUT2D eigenvalue weighted by Gasteiger charge is -2.27. The van der Waals surface area contributed by atoms with Gasteiger partial charge in [-0.05, 0) is 37.6 Å². The molecule has 0 aliphatic rings. The number of anilines is 1. The van der Waals surface area contributed by atoms with Gasteiger partial charge >= 0.3 is 12.0 Å². The van der Waals surface area contributed by atoms with Gasteiger partial charge in [0.05, 0.1) is 6.10 Å². The Bertz CT molecular complexity index is 487. The fourth-order valence-corrected chi connectivity index (χ4v) is 1.72. The number of phenolic OH excluding ortho intramolecular Hbond substituents is 1. The summed E-state index contributed by atoms with van der Waals surface area (Å²) in [5, 5.41) is 27.4. The largest absolute Gasteiger partial charge is 0.508 e. The zero-order valence-electron chi connectivity index (χ0n) is 12.1. The molecule has 0 radical (unpaired) electrons. The number of urea groups is 1. The number of carbonyl (C=O) groups is 2. The van der Waals surface area contributed by atoms with E-state index in [-0.39, 0.29) is 5.75 Å². The molecule has 7 heteroatoms. The molecule has 1 unspecified atom stereocenters. The smallest absolute Gasteiger partial charge is 0.324 e. The van der Waals surface area contributed by atoms with Gasteiger partial charge in [0.1, 0.15) is 12.3 Å². The third-order valence-electron chi connectivity index (χ3n) is 2.89. The molecule has 1 aromatic carbocycles. The average molecular weight is 296 g/mol. The van der Waals surface area contributed by atoms with E-state index in [0.717, 1.165) is 4.90 Å². The molecule has 0 bridgehead atoms. The van der Waals surface area contributed by atoms with Gasteiger partial charge in [-0.3, -0.25) is 9.69 Å². The van der Waals surface area contributed by atoms with Gasteiger partial charge in [0.15, 0.2) is 0 Å². The minimum absolute atomic E-state index is 0.0314. The van der Waals surface area contributed by atoms with Crippen molar-refractivity contribution >= 4 is 17.7 Å². The van der Waals surface area contributed by atoms with Crippen LogP contribution in [0.15, 0.2) is 24.3 Å². The predicted molar refractivity (Wildman–Crippen MR) is 77.4 cm³/mol. The summed E-state index contributed by atoms with van der Waals surface area (Å²) in [5.41, 5.74) is 0.379. The Balaban J connectivity index is 2.88. The molecular weight excluding hydrogens is 276 g/mol. The van der Waals surface area contributed by atoms with Crippen molar-refractivity contribution in [2.75, 3.05) is 25.0 Å². The number of amides is 2. The summed E-state index contributed by atoms with van der Waals surface area (Å²) in [6.07, 6.45) is -0.138. The second-order valence-electron chi connectivity index (χ2n) is 4.84. The van der Waals surface area contributed by atoms with E-state index in [1.807, 2.05) is 0 Å². The third-order valence-corrected chi connectivity index (χ3v) is 2.89. The molecular formula is C14H20N2O5. The van der Waals surface area contributed by atoms with Crippen LogP contribution in [0.4, 0.5) is 10.5 Å². The predicted octanol–water partition coefficient (Wildman–Crippen LogP) is 1.11. The maximum Gasteiger partial charge on any atom is 0.324 e. The van der Waals surface area contributed by atoms with Gasteiger partial charge in [-0.1, -0.05) is 0 Å². The van der Waals surface area contributed by atoms with Crippen molar-refractivity contribution in [2.45, 2.75) is 19.4 Å². The van der Waals surface area contributed by atoms with E-state index in [9.17, 15) is 19.8 Å². The summed E-state index contributed by atoms with van der Waals surface area (Å²) in [6.45, 7) is 1.45. The molecule has 0 fully saturated rings. The van der Waals surface area contributed by atoms with Crippen LogP contribution in [0, 0.1) is 0 Å². The van der Waals surface area contributed by atoms with E-state index in [1.165, 1.54) is 29.2 Å². The van der Waals surface area contributed by atoms with E-state index in [0.29, 0.717) is 18.7 Å². The first-order valence-electron chi connectivity index (χ1n) is 6.52. The van der Waals surface area contributed by atoms with Gasteiger partial charge in [-0.2, -0.15) is 0 Å². The number of nitrogens with zero attached hydrogens (tertiary/aromatic N) is 2. The second-order valence-corrected chi connectivity index (χ2v) is 4.84. The number of aliphatic hydroxyl groups excluding tert-OH is 1. The number of phenols is 1. The molecule has 0 aliphatic carbocycles. The minimum atomic E-state index is -1.14. The molecule has 1 aromatic rings. The monoisotopic (exact) mass is 296 g/mol. The molecule has 0 aliphatic heterocycles. The molecule has 0 saturated heterocycles. The van der Waals surface area contributed by atoms with Crippen LogP contribution in [-0.4, -0.2) is 58.5 Å². The summed E-state index contributed by atoms with van der Waals surface area (Å²) in [7, 11) is 1.54. The average Bonchev–Trinajstić information content (AvgIpc) is 2.42. The van der Waals surface area contributed by atoms with E-state index >= 15 is 0 Å². The summed E-state index contributed by atoms with van der Waals surface area (Å²) >= 11 is 0. The topological polar surface area (TPSA) is 101 Å². The molecule has 0 aromatic heterocycles. The summed E-state index contributed by atoms with van der Waals surface area (Å²) in [4.78, 5) is 25.7. The lowest BCUT2D eigenvalue weighted by atomic mass is 10.2. The molecule has 3 N–H and O–H groups in total. The third kappa shape index (κ3) is 5.31. The van der Waals surface area contributed by atoms with Crippen molar-refractivity contribution in [2.24, 2.45) is 0 Å². The second kappa shape index (κ2) is 7.49. The Hall–Kier alpha value is -2.28. The number of benzene rings is 1. The van der Waals surface area contributed by atoms with Crippen molar-refractivity contribution in [1.82, 2.24) is 4.90 Å². The Morgan fingerprint density at radius 1 is 1.24 bits per heavy atom. The Kier molecular flexibility index (Phi) is 5.98. The van der Waals surface area contributed by atoms with Crippen molar-refractivity contribution in [1.29, 1.82) is 0 Å². The fraction of sp³-hybridized carbons (Fsp3) is 0.429. The number of carbonyl (C=O) groups excluding carboxylic acids is 1. The van der Waals surface area contributed by atoms with Crippen LogP contribution >= 0.6 is 0 Å². The summed E-state index contributed by atoms with van der Waals surface area (Å²) in [6, 6.07) is 5.22. The van der Waals surface area contributed by atoms with Crippen molar-refractivity contribution in [3.05, 3.63) is 24.3 Å². The van der Waals surface area contributed by atoms with Crippen molar-refractivity contribution in [3.8, 4) is 5.75 Å². The highest BCUT2D eigenvalue weighted by Crippen LogP contribution is 2.19. The first kappa shape index (κ1) is 16.8. The minimum Gasteiger partial charge on any atom is -0.508 e. The van der Waals surface area contributed by atoms with Crippen molar-refractivity contribution < 1.29 is 24.9 Å². The van der Waals surface area contributed by atoms with E-state index < -0.39 is 24.6 Å². The number of carboxylic acid groups (broad SMARTS) is 1. The lowest BCUT2D eigenvalue weighted by Crippen LogP contribution is -2.44. The number of carboxylic acids is 1. The van der Waals surface area contributed by atoms with Gasteiger partial charge in [0.2, 0.25) is 0 Å². The molecule has 21 heavy (non-hydrogen) atoms. The Morgan fingerprint density at radius 3 is 2.29 bits per heavy atom. The molecule has 0 spiro atoms. The lowest BCUT2D eigenvalue weighted by molar-refractivity contribution is -0.135. The number of hydrogen-bond donors (Lipinski definition) is 3. The Morgan fingerprint density at radius 2 is 1.81 bits per heavy atom. The highest BCUT2D eigenvalue weighted by Gasteiger charge is 2.22. The van der Waals surface area contributed by atoms with Crippen molar-refractivity contribution in [3.63, 3.8) is 0 Å². The first-order chi connectivity index (χ1) is 9.81. The molecule has 2 amide bonds. The number of aromatic hydroxyl groups is 1. The van der Waals surface area contributed by atoms with E-state index in [2.05, 4.69) is 0 Å². The van der Waals surface area contributed by atoms with E-state index in [1.54, 1.807) is 14.0 Å². The SMILES string of the molecule is CC(O)CCN(C)C(=O)N(CC(=O)O)c1ccc(O)cc1. The molecule has 0 saturated carbocycles. The zero-order valence-corrected chi connectivity index (χ0v) is 12.1. The first-order valence-corrected chi connectivity index (χ1v) is 6.52. The maximum atomic E-state index is 12.3. The maximum absolute atomic E-state index is 12.3. The molecule has 1 rings (SSSR count). The zero-order chi connectivity index (χ0) is 16.0. The fourth-order valence-electron chi connectivity index (χ4n) is 1.72. The van der Waals surface area contributed by atoms with Crippen LogP contribution in [0.25, 0.3) is 0 Å². The van der Waals surface area contributed by atoms with Crippen LogP contribution < -0.4 is 4.90 Å². The van der Waals surface area contributed by atoms with Crippen LogP contribution in [0.2, 0.25) is 0 Å². The van der Waals surface area contributed by atoms with Crippen LogP contribution in [0.5, 0.6) is 5.75 Å². The van der Waals surface area contributed by atoms with Gasteiger partial charge < -0.3 is 20.2 Å². The summed E-state index contributed by atoms with van der Waals surface area (Å²) < 4.78 is 0. The standard InChI is InChI=1S/C14H20N2O5/c1-10(17)7-8-15(2)14(21)16(9-13(19)20)11-3-5-12(18)6-4-11/h3-6,10,17-18H,7-9H2,1-2H3,(H,19,20). The molecule has 7 nitrogen and oxygen atoms in total. The van der Waals surface area contributed by atoms with E-state index in [4.69, 9.17) is 5.11 Å². The molecule has 0 heterocycles. The van der Waals surface area contributed by atoms with Gasteiger partial charge in [-0.25, -0.2) is 4.79 Å². The number of aliphatic hydroxyl groups is 1. The Labute approximate surface area is 123 Å². The van der Waals surface area contributed by atoms with Gasteiger partial charge in [-0.15, -0.1) is 0 Å². The summed E-state index contributed by atoms with van der Waals surface area (Å²) in [5.74, 6) is -1.11. The normalized spacial score (nSPS) is 11.8. The number of hydrogen-bond acceptors (Lipinski definition) is 4. The van der Waals surface area contributed by atoms with Gasteiger partial charge in [0.25, 0.3) is 0 Å². The van der Waals surface area contributed by atoms with Crippen LogP contribution in [-0.2, 0) is 4.79 Å². The number of aliphatic carboxylic acids is 1. The van der Waals surface area contributed by atoms with Gasteiger partial charge in [0, 0.05) is 19.3 Å². The highest BCUT2D eigenvalue weighted by molar-refractivity contribution is 5.96. The van der Waals surface area contributed by atoms with Crippen LogP contribution in [0.3, 0.4) is 0 Å². The highest BCUT2D eigenvalue weighted by atomic mass is 16.4. The number of rotatable bonds is 6. The molecule has 116 valence electrons. The van der Waals surface area contributed by atoms with Crippen LogP contribution in [0.1, 0.15) is 13.3 Å². The molecule has 1 atom stereocenters.